The van der Waals surface area contributed by atoms with Gasteiger partial charge in [0, 0.05) is 23.3 Å². The van der Waals surface area contributed by atoms with Crippen LogP contribution in [0, 0.1) is 17.0 Å². The molecule has 150 valence electrons. The Morgan fingerprint density at radius 3 is 2.40 bits per heavy atom. The largest absolute Gasteiger partial charge is 0.451 e. The van der Waals surface area contributed by atoms with Gasteiger partial charge < -0.3 is 13.6 Å². The van der Waals surface area contributed by atoms with Gasteiger partial charge in [0.2, 0.25) is 11.8 Å². The summed E-state index contributed by atoms with van der Waals surface area (Å²) in [6.45, 7) is 1.36. The summed E-state index contributed by atoms with van der Waals surface area (Å²) in [6.07, 6.45) is 0. The first-order valence-electron chi connectivity index (χ1n) is 8.78. The van der Waals surface area contributed by atoms with Crippen LogP contribution in [-0.2, 0) is 11.3 Å². The number of aryl methyl sites for hydroxylation is 1. The van der Waals surface area contributed by atoms with Crippen LogP contribution >= 0.6 is 0 Å². The van der Waals surface area contributed by atoms with Crippen LogP contribution in [0.3, 0.4) is 0 Å². The lowest BCUT2D eigenvalue weighted by molar-refractivity contribution is -0.384. The van der Waals surface area contributed by atoms with Crippen molar-refractivity contribution in [1.29, 1.82) is 0 Å². The first-order chi connectivity index (χ1) is 14.5. The van der Waals surface area contributed by atoms with Crippen LogP contribution < -0.4 is 0 Å². The van der Waals surface area contributed by atoms with Crippen LogP contribution in [0.15, 0.2) is 63.4 Å². The fourth-order valence-corrected chi connectivity index (χ4v) is 2.64. The van der Waals surface area contributed by atoms with Gasteiger partial charge in [0.15, 0.2) is 12.3 Å². The van der Waals surface area contributed by atoms with E-state index < -0.39 is 10.9 Å². The number of benzene rings is 2. The zero-order valence-electron chi connectivity index (χ0n) is 15.6. The third-order valence-corrected chi connectivity index (χ3v) is 4.13. The fourth-order valence-electron chi connectivity index (χ4n) is 2.64. The highest BCUT2D eigenvalue weighted by molar-refractivity contribution is 5.88. The van der Waals surface area contributed by atoms with E-state index in [1.54, 1.807) is 6.92 Å². The van der Waals surface area contributed by atoms with Crippen LogP contribution in [0.2, 0.25) is 0 Å². The molecule has 0 spiro atoms. The van der Waals surface area contributed by atoms with Crippen LogP contribution in [0.5, 0.6) is 0 Å². The average molecular weight is 406 g/mol. The van der Waals surface area contributed by atoms with E-state index in [4.69, 9.17) is 13.6 Å². The Labute approximate surface area is 169 Å². The predicted octanol–water partition coefficient (Wildman–Crippen LogP) is 3.97. The summed E-state index contributed by atoms with van der Waals surface area (Å²) in [5.41, 5.74) is 1.25. The van der Waals surface area contributed by atoms with Crippen LogP contribution in [-0.4, -0.2) is 26.1 Å². The number of oxazole rings is 1. The summed E-state index contributed by atoms with van der Waals surface area (Å²) in [6, 6.07) is 14.8. The van der Waals surface area contributed by atoms with Crippen molar-refractivity contribution in [2.24, 2.45) is 0 Å². The molecule has 4 aromatic rings. The number of aromatic nitrogens is 3. The number of carbonyl (C=O) groups excluding carboxylic acids is 1. The van der Waals surface area contributed by atoms with E-state index in [0.717, 1.165) is 5.56 Å². The Bertz CT molecular complexity index is 1200. The highest BCUT2D eigenvalue weighted by atomic mass is 16.6. The number of nitro benzene ring substituents is 1. The molecule has 10 heteroatoms. The van der Waals surface area contributed by atoms with Crippen molar-refractivity contribution in [2.75, 3.05) is 0 Å². The Balaban J connectivity index is 1.42. The van der Waals surface area contributed by atoms with Gasteiger partial charge >= 0.3 is 5.97 Å². The quantitative estimate of drug-likeness (QED) is 0.265. The zero-order valence-corrected chi connectivity index (χ0v) is 15.6. The van der Waals surface area contributed by atoms with E-state index in [-0.39, 0.29) is 29.8 Å². The third-order valence-electron chi connectivity index (χ3n) is 4.13. The van der Waals surface area contributed by atoms with Gasteiger partial charge in [-0.05, 0) is 31.2 Å². The number of nitrogens with zero attached hydrogens (tertiary/aromatic N) is 4. The fraction of sp³-hybridized carbons (Fsp3) is 0.100. The monoisotopic (exact) mass is 406 g/mol. The number of ether oxygens (including phenoxy) is 1. The predicted molar refractivity (Wildman–Crippen MR) is 102 cm³/mol. The highest BCUT2D eigenvalue weighted by Gasteiger charge is 2.20. The van der Waals surface area contributed by atoms with Gasteiger partial charge in [-0.2, -0.15) is 0 Å². The number of carbonyl (C=O) groups is 1. The van der Waals surface area contributed by atoms with Crippen molar-refractivity contribution in [3.05, 3.63) is 82.1 Å². The molecular formula is C20H14N4O6. The normalized spacial score (nSPS) is 10.7. The van der Waals surface area contributed by atoms with Crippen molar-refractivity contribution in [3.8, 4) is 22.9 Å². The number of esters is 1. The molecule has 2 aromatic carbocycles. The minimum absolute atomic E-state index is 0.0507. The summed E-state index contributed by atoms with van der Waals surface area (Å²) < 4.78 is 16.2. The lowest BCUT2D eigenvalue weighted by atomic mass is 10.2. The molecule has 0 fully saturated rings. The van der Waals surface area contributed by atoms with E-state index in [1.807, 2.05) is 30.3 Å². The van der Waals surface area contributed by atoms with E-state index >= 15 is 0 Å². The van der Waals surface area contributed by atoms with E-state index in [9.17, 15) is 14.9 Å². The number of nitro groups is 1. The summed E-state index contributed by atoms with van der Waals surface area (Å²) in [5, 5.41) is 18.4. The highest BCUT2D eigenvalue weighted by Crippen LogP contribution is 2.23. The molecule has 0 saturated heterocycles. The molecule has 0 saturated carbocycles. The smallest absolute Gasteiger partial charge is 0.361 e. The van der Waals surface area contributed by atoms with Gasteiger partial charge in [-0.1, -0.05) is 18.2 Å². The minimum atomic E-state index is -0.687. The van der Waals surface area contributed by atoms with Crippen LogP contribution in [0.4, 0.5) is 5.69 Å². The average Bonchev–Trinajstić information content (AvgIpc) is 3.39. The summed E-state index contributed by atoms with van der Waals surface area (Å²) in [5.74, 6) is 0.184. The van der Waals surface area contributed by atoms with Crippen molar-refractivity contribution in [3.63, 3.8) is 0 Å². The second-order valence-corrected chi connectivity index (χ2v) is 6.17. The molecule has 0 aliphatic heterocycles. The molecule has 0 N–H and O–H groups in total. The molecule has 0 aliphatic carbocycles. The molecule has 0 amide bonds. The van der Waals surface area contributed by atoms with Gasteiger partial charge in [-0.15, -0.1) is 10.2 Å². The van der Waals surface area contributed by atoms with Crippen LogP contribution in [0.25, 0.3) is 22.9 Å². The molecule has 2 aromatic heterocycles. The zero-order chi connectivity index (χ0) is 21.1. The maximum Gasteiger partial charge on any atom is 0.361 e. The van der Waals surface area contributed by atoms with E-state index in [1.165, 1.54) is 24.3 Å². The second kappa shape index (κ2) is 7.95. The van der Waals surface area contributed by atoms with Gasteiger partial charge in [0.25, 0.3) is 11.6 Å². The number of hydrogen-bond donors (Lipinski definition) is 0. The van der Waals surface area contributed by atoms with Gasteiger partial charge in [-0.3, -0.25) is 10.1 Å². The standard InChI is InChI=1S/C20H14N4O6/c1-12-17(21-18(29-12)13-5-3-2-4-6-13)20(25)28-11-16-22-23-19(30-16)14-7-9-15(10-8-14)24(26)27/h2-10H,11H2,1H3. The van der Waals surface area contributed by atoms with Gasteiger partial charge in [0.1, 0.15) is 5.76 Å². The molecular weight excluding hydrogens is 392 g/mol. The maximum absolute atomic E-state index is 12.4. The number of hydrogen-bond acceptors (Lipinski definition) is 9. The first kappa shape index (κ1) is 19.0. The van der Waals surface area contributed by atoms with Crippen molar-refractivity contribution < 1.29 is 23.3 Å². The Hall–Kier alpha value is -4.34. The Morgan fingerprint density at radius 1 is 1.00 bits per heavy atom. The molecule has 4 rings (SSSR count). The maximum atomic E-state index is 12.4. The second-order valence-electron chi connectivity index (χ2n) is 6.17. The molecule has 0 radical (unpaired) electrons. The molecule has 30 heavy (non-hydrogen) atoms. The number of non-ortho nitro benzene ring substituents is 1. The summed E-state index contributed by atoms with van der Waals surface area (Å²) >= 11 is 0. The SMILES string of the molecule is Cc1oc(-c2ccccc2)nc1C(=O)OCc1nnc(-c2ccc([N+](=O)[O-])cc2)o1. The first-order valence-corrected chi connectivity index (χ1v) is 8.78. The van der Waals surface area contributed by atoms with Crippen LogP contribution in [0.1, 0.15) is 22.1 Å². The minimum Gasteiger partial charge on any atom is -0.451 e. The molecule has 2 heterocycles. The Kier molecular flexibility index (Phi) is 5.04. The van der Waals surface area contributed by atoms with Gasteiger partial charge in [-0.25, -0.2) is 9.78 Å². The Morgan fingerprint density at radius 2 is 1.70 bits per heavy atom. The third kappa shape index (κ3) is 3.92. The van der Waals surface area contributed by atoms with Gasteiger partial charge in [0.05, 0.1) is 4.92 Å². The molecule has 0 unspecified atom stereocenters. The van der Waals surface area contributed by atoms with E-state index in [0.29, 0.717) is 17.2 Å². The van der Waals surface area contributed by atoms with Crippen molar-refractivity contribution in [2.45, 2.75) is 13.5 Å². The summed E-state index contributed by atoms with van der Waals surface area (Å²) in [4.78, 5) is 26.8. The molecule has 0 bridgehead atoms. The van der Waals surface area contributed by atoms with Crippen molar-refractivity contribution in [1.82, 2.24) is 15.2 Å². The lowest BCUT2D eigenvalue weighted by Gasteiger charge is -1.99. The molecule has 0 atom stereocenters. The lowest BCUT2D eigenvalue weighted by Crippen LogP contribution is -2.07. The molecule has 10 nitrogen and oxygen atoms in total. The van der Waals surface area contributed by atoms with E-state index in [2.05, 4.69) is 15.2 Å². The summed E-state index contributed by atoms with van der Waals surface area (Å²) in [7, 11) is 0. The van der Waals surface area contributed by atoms with Crippen molar-refractivity contribution >= 4 is 11.7 Å². The topological polar surface area (TPSA) is 134 Å². The number of rotatable bonds is 6. The molecule has 0 aliphatic rings.